The van der Waals surface area contributed by atoms with Gasteiger partial charge in [0, 0.05) is 55.5 Å². The maximum Gasteiger partial charge on any atom is 0.0726 e. The number of nitrogens with zero attached hydrogens (tertiary/aromatic N) is 3. The maximum absolute atomic E-state index is 2.59. The zero-order chi connectivity index (χ0) is 62.1. The Kier molecular flexibility index (Phi) is 10.8. The van der Waals surface area contributed by atoms with E-state index >= 15 is 0 Å². The summed E-state index contributed by atoms with van der Waals surface area (Å²) in [4.78, 5) is 2.41. The summed E-state index contributed by atoms with van der Waals surface area (Å²) in [6.07, 6.45) is 0. The van der Waals surface area contributed by atoms with Crippen molar-refractivity contribution in [3.8, 4) is 78.1 Å². The summed E-state index contributed by atoms with van der Waals surface area (Å²) >= 11 is 0. The Morgan fingerprint density at radius 1 is 0.200 bits per heavy atom. The van der Waals surface area contributed by atoms with Crippen LogP contribution < -0.4 is 4.90 Å². The van der Waals surface area contributed by atoms with Crippen molar-refractivity contribution in [1.82, 2.24) is 9.13 Å². The standard InChI is InChI=1S/C92H57N3/c1-4-24-61(25-5-1)93(62-26-6-2-7-27-62)64-46-50-72-70-48-44-58(54-83(70)91(85(72)56-64)79-37-17-10-30-66(79)67-31-11-18-38-80(67)91)60-52-77(90-78(53-60)76-36-16-23-43-89(76)95(90)63-28-8-3-9-29-63)59-45-49-71-73-51-47-65(94-87-41-21-14-34-74(87)75-35-15-22-42-88(75)94)57-86(73)92(84(71)55-59)81-39-19-12-32-68(81)69-33-13-20-40-82(69)92/h1-57H. The van der Waals surface area contributed by atoms with Crippen molar-refractivity contribution in [2.24, 2.45) is 0 Å². The molecule has 440 valence electrons. The van der Waals surface area contributed by atoms with Crippen molar-refractivity contribution in [3.05, 3.63) is 390 Å². The van der Waals surface area contributed by atoms with Crippen LogP contribution in [0.25, 0.3) is 122 Å². The van der Waals surface area contributed by atoms with E-state index in [9.17, 15) is 0 Å². The van der Waals surface area contributed by atoms with Crippen LogP contribution in [0.15, 0.2) is 346 Å². The normalized spacial score (nSPS) is 13.6. The highest BCUT2D eigenvalue weighted by molar-refractivity contribution is 6.16. The van der Waals surface area contributed by atoms with E-state index in [1.165, 1.54) is 155 Å². The van der Waals surface area contributed by atoms with Crippen LogP contribution in [-0.4, -0.2) is 9.13 Å². The Labute approximate surface area is 550 Å². The van der Waals surface area contributed by atoms with Gasteiger partial charge in [0.1, 0.15) is 0 Å². The van der Waals surface area contributed by atoms with Gasteiger partial charge in [0.25, 0.3) is 0 Å². The maximum atomic E-state index is 2.59. The van der Waals surface area contributed by atoms with Crippen LogP contribution in [-0.2, 0) is 10.8 Å². The van der Waals surface area contributed by atoms with Gasteiger partial charge in [-0.15, -0.1) is 0 Å². The molecule has 0 fully saturated rings. The molecule has 3 nitrogen and oxygen atoms in total. The lowest BCUT2D eigenvalue weighted by molar-refractivity contribution is 0.793. The van der Waals surface area contributed by atoms with Crippen LogP contribution in [0.3, 0.4) is 0 Å². The number of aromatic nitrogens is 2. The van der Waals surface area contributed by atoms with Crippen molar-refractivity contribution in [2.45, 2.75) is 10.8 Å². The smallest absolute Gasteiger partial charge is 0.0726 e. The van der Waals surface area contributed by atoms with Gasteiger partial charge in [0.15, 0.2) is 0 Å². The minimum absolute atomic E-state index is 0.613. The van der Waals surface area contributed by atoms with E-state index in [-0.39, 0.29) is 0 Å². The van der Waals surface area contributed by atoms with Gasteiger partial charge in [-0.25, -0.2) is 0 Å². The van der Waals surface area contributed by atoms with Crippen molar-refractivity contribution < 1.29 is 0 Å². The summed E-state index contributed by atoms with van der Waals surface area (Å²) in [5.74, 6) is 0. The fraction of sp³-hybridized carbons (Fsp3) is 0.0217. The van der Waals surface area contributed by atoms with Gasteiger partial charge < -0.3 is 14.0 Å². The van der Waals surface area contributed by atoms with E-state index in [0.29, 0.717) is 0 Å². The highest BCUT2D eigenvalue weighted by atomic mass is 15.1. The van der Waals surface area contributed by atoms with Crippen LogP contribution in [0.1, 0.15) is 44.5 Å². The minimum Gasteiger partial charge on any atom is -0.310 e. The lowest BCUT2D eigenvalue weighted by atomic mass is 9.70. The first kappa shape index (κ1) is 52.3. The molecule has 3 heteroatoms. The molecule has 2 spiro atoms. The molecule has 0 unspecified atom stereocenters. The molecular formula is C92H57N3. The monoisotopic (exact) mass is 1200 g/mol. The molecule has 0 bridgehead atoms. The highest BCUT2D eigenvalue weighted by Crippen LogP contribution is 2.66. The molecule has 0 amide bonds. The summed E-state index contributed by atoms with van der Waals surface area (Å²) in [5.41, 5.74) is 34.5. The van der Waals surface area contributed by atoms with Crippen molar-refractivity contribution in [1.29, 1.82) is 0 Å². The molecule has 0 N–H and O–H groups in total. The molecule has 15 aromatic carbocycles. The van der Waals surface area contributed by atoms with Gasteiger partial charge in [0.2, 0.25) is 0 Å². The van der Waals surface area contributed by atoms with E-state index in [1.807, 2.05) is 0 Å². The molecule has 0 saturated heterocycles. The van der Waals surface area contributed by atoms with E-state index in [2.05, 4.69) is 360 Å². The van der Waals surface area contributed by atoms with Gasteiger partial charge >= 0.3 is 0 Å². The molecule has 21 rings (SSSR count). The molecule has 4 aliphatic carbocycles. The van der Waals surface area contributed by atoms with Crippen LogP contribution in [0.4, 0.5) is 17.1 Å². The first-order valence-electron chi connectivity index (χ1n) is 33.1. The molecule has 4 aliphatic rings. The predicted octanol–water partition coefficient (Wildman–Crippen LogP) is 23.4. The zero-order valence-corrected chi connectivity index (χ0v) is 51.8. The van der Waals surface area contributed by atoms with Crippen LogP contribution in [0.5, 0.6) is 0 Å². The summed E-state index contributed by atoms with van der Waals surface area (Å²) in [5, 5.41) is 4.94. The van der Waals surface area contributed by atoms with Gasteiger partial charge in [-0.2, -0.15) is 0 Å². The van der Waals surface area contributed by atoms with Crippen LogP contribution in [0.2, 0.25) is 0 Å². The Hall–Kier alpha value is -12.3. The van der Waals surface area contributed by atoms with Crippen molar-refractivity contribution >= 4 is 60.7 Å². The fourth-order valence-corrected chi connectivity index (χ4v) is 18.0. The highest BCUT2D eigenvalue weighted by Gasteiger charge is 2.54. The first-order chi connectivity index (χ1) is 47.1. The Balaban J connectivity index is 0.817. The number of rotatable bonds is 7. The lowest BCUT2D eigenvalue weighted by Gasteiger charge is -2.32. The fourth-order valence-electron chi connectivity index (χ4n) is 18.0. The lowest BCUT2D eigenvalue weighted by Crippen LogP contribution is -2.26. The SMILES string of the molecule is c1ccc(N(c2ccccc2)c2ccc3c(c2)C2(c4ccccc4-c4ccccc42)c2cc(-c4cc(-c5ccc6c(c5)C5(c7ccccc7-c7ccccc75)c5cc(-n7c8ccccc8c8ccccc87)ccc5-6)c5c(c4)c4ccccc4n5-c4ccccc4)ccc2-3)cc1. The van der Waals surface area contributed by atoms with Crippen LogP contribution >= 0.6 is 0 Å². The quantitative estimate of drug-likeness (QED) is 0.155. The predicted molar refractivity (Wildman–Crippen MR) is 393 cm³/mol. The van der Waals surface area contributed by atoms with Gasteiger partial charge in [-0.3, -0.25) is 0 Å². The number of hydrogen-bond donors (Lipinski definition) is 0. The molecular weight excluding hydrogens is 1150 g/mol. The zero-order valence-electron chi connectivity index (χ0n) is 51.8. The molecule has 0 radical (unpaired) electrons. The molecule has 0 saturated carbocycles. The second-order valence-electron chi connectivity index (χ2n) is 26.1. The Morgan fingerprint density at radius 3 is 1.11 bits per heavy atom. The van der Waals surface area contributed by atoms with E-state index in [1.54, 1.807) is 0 Å². The van der Waals surface area contributed by atoms with E-state index in [4.69, 9.17) is 0 Å². The summed E-state index contributed by atoms with van der Waals surface area (Å²) in [7, 11) is 0. The third-order valence-corrected chi connectivity index (χ3v) is 21.7. The Morgan fingerprint density at radius 2 is 0.579 bits per heavy atom. The molecule has 17 aromatic rings. The topological polar surface area (TPSA) is 13.1 Å². The third-order valence-electron chi connectivity index (χ3n) is 21.7. The van der Waals surface area contributed by atoms with E-state index < -0.39 is 10.8 Å². The van der Waals surface area contributed by atoms with Gasteiger partial charge in [-0.05, 0) is 209 Å². The van der Waals surface area contributed by atoms with E-state index in [0.717, 1.165) is 28.4 Å². The third kappa shape index (κ3) is 6.98. The van der Waals surface area contributed by atoms with Crippen molar-refractivity contribution in [2.75, 3.05) is 4.90 Å². The molecule has 2 heterocycles. The molecule has 95 heavy (non-hydrogen) atoms. The largest absolute Gasteiger partial charge is 0.310 e. The second kappa shape index (κ2) is 19.6. The average Bonchev–Trinajstić information content (AvgIpc) is 1.52. The second-order valence-corrected chi connectivity index (χ2v) is 26.1. The minimum atomic E-state index is -0.623. The number of benzene rings is 15. The molecule has 0 atom stereocenters. The van der Waals surface area contributed by atoms with Crippen LogP contribution in [0, 0.1) is 0 Å². The van der Waals surface area contributed by atoms with Gasteiger partial charge in [0.05, 0.1) is 32.9 Å². The summed E-state index contributed by atoms with van der Waals surface area (Å²) < 4.78 is 5.00. The van der Waals surface area contributed by atoms with Gasteiger partial charge in [-0.1, -0.05) is 243 Å². The number of anilines is 3. The molecule has 2 aromatic heterocycles. The number of hydrogen-bond acceptors (Lipinski definition) is 1. The number of fused-ring (bicyclic) bond motifs is 26. The average molecular weight is 1200 g/mol. The molecule has 0 aliphatic heterocycles. The Bertz CT molecular complexity index is 5920. The number of para-hydroxylation sites is 6. The first-order valence-corrected chi connectivity index (χ1v) is 33.1. The van der Waals surface area contributed by atoms with Crippen molar-refractivity contribution in [3.63, 3.8) is 0 Å². The summed E-state index contributed by atoms with van der Waals surface area (Å²) in [6.45, 7) is 0. The summed E-state index contributed by atoms with van der Waals surface area (Å²) in [6, 6.07) is 131.